The van der Waals surface area contributed by atoms with Gasteiger partial charge >= 0.3 is 5.97 Å². The molecule has 0 radical (unpaired) electrons. The van der Waals surface area contributed by atoms with Crippen LogP contribution in [0, 0.1) is 0 Å². The zero-order valence-corrected chi connectivity index (χ0v) is 19.6. The number of nitrogens with two attached hydrogens (primary N) is 4. The standard InChI is InChI=1S/C19H36N8O8/c1-8(28)13(21)16(32)27-14(9(2)29)17(33)25-10(4-3-7-24-19(22)23)15(31)26-11(18(34)35)5-6-12(20)30/h8-11,13-14,28-29H,3-7,21H2,1-2H3,(H2,20,30)(H,25,33)(H,26,31)(H,27,32)(H,34,35)(H4,22,23,24). The molecule has 0 aromatic carbocycles. The zero-order chi connectivity index (χ0) is 27.3. The number of carboxylic acid groups (broad SMARTS) is 1. The van der Waals surface area contributed by atoms with Crippen molar-refractivity contribution in [2.75, 3.05) is 6.54 Å². The highest BCUT2D eigenvalue weighted by molar-refractivity contribution is 5.94. The van der Waals surface area contributed by atoms with Crippen LogP contribution >= 0.6 is 0 Å². The van der Waals surface area contributed by atoms with Gasteiger partial charge in [0, 0.05) is 13.0 Å². The number of carbonyl (C=O) groups excluding carboxylic acids is 4. The third kappa shape index (κ3) is 12.5. The smallest absolute Gasteiger partial charge is 0.326 e. The Kier molecular flexibility index (Phi) is 13.9. The number of aliphatic imine (C=N–C) groups is 1. The fourth-order valence-corrected chi connectivity index (χ4v) is 2.72. The molecule has 0 saturated heterocycles. The van der Waals surface area contributed by atoms with Gasteiger partial charge in [0.25, 0.3) is 0 Å². The molecular formula is C19H36N8O8. The quantitative estimate of drug-likeness (QED) is 0.0538. The van der Waals surface area contributed by atoms with Crippen LogP contribution in [0.5, 0.6) is 0 Å². The van der Waals surface area contributed by atoms with Crippen molar-refractivity contribution < 1.29 is 39.3 Å². The summed E-state index contributed by atoms with van der Waals surface area (Å²) in [5.41, 5.74) is 21.1. The van der Waals surface area contributed by atoms with E-state index in [2.05, 4.69) is 20.9 Å². The van der Waals surface area contributed by atoms with Gasteiger partial charge in [0.1, 0.15) is 24.2 Å². The van der Waals surface area contributed by atoms with E-state index in [4.69, 9.17) is 22.9 Å². The van der Waals surface area contributed by atoms with Gasteiger partial charge in [-0.25, -0.2) is 4.79 Å². The van der Waals surface area contributed by atoms with Gasteiger partial charge in [-0.1, -0.05) is 0 Å². The lowest BCUT2D eigenvalue weighted by atomic mass is 10.1. The molecule has 6 unspecified atom stereocenters. The van der Waals surface area contributed by atoms with Gasteiger partial charge in [0.2, 0.25) is 23.6 Å². The molecule has 6 atom stereocenters. The minimum atomic E-state index is -1.55. The highest BCUT2D eigenvalue weighted by Crippen LogP contribution is 2.05. The van der Waals surface area contributed by atoms with Crippen molar-refractivity contribution in [2.45, 2.75) is 75.9 Å². The molecule has 0 bridgehead atoms. The maximum atomic E-state index is 12.8. The van der Waals surface area contributed by atoms with E-state index in [1.165, 1.54) is 13.8 Å². The average molecular weight is 505 g/mol. The van der Waals surface area contributed by atoms with Gasteiger partial charge in [-0.2, -0.15) is 0 Å². The van der Waals surface area contributed by atoms with E-state index in [0.717, 1.165) is 0 Å². The van der Waals surface area contributed by atoms with Crippen molar-refractivity contribution in [1.29, 1.82) is 0 Å². The van der Waals surface area contributed by atoms with Gasteiger partial charge in [-0.3, -0.25) is 24.2 Å². The fraction of sp³-hybridized carbons (Fsp3) is 0.684. The van der Waals surface area contributed by atoms with Gasteiger partial charge in [-0.05, 0) is 33.1 Å². The molecule has 0 aliphatic heterocycles. The van der Waals surface area contributed by atoms with Crippen molar-refractivity contribution in [3.8, 4) is 0 Å². The monoisotopic (exact) mass is 504 g/mol. The lowest BCUT2D eigenvalue weighted by molar-refractivity contribution is -0.142. The Morgan fingerprint density at radius 2 is 1.40 bits per heavy atom. The summed E-state index contributed by atoms with van der Waals surface area (Å²) in [6.07, 6.45) is -3.12. The Labute approximate surface area is 201 Å². The largest absolute Gasteiger partial charge is 0.480 e. The van der Waals surface area contributed by atoms with Crippen LogP contribution in [0.3, 0.4) is 0 Å². The molecule has 35 heavy (non-hydrogen) atoms. The van der Waals surface area contributed by atoms with Crippen LogP contribution < -0.4 is 38.9 Å². The summed E-state index contributed by atoms with van der Waals surface area (Å²) in [7, 11) is 0. The number of hydrogen-bond donors (Lipinski definition) is 10. The molecule has 0 saturated carbocycles. The number of carbonyl (C=O) groups is 5. The Morgan fingerprint density at radius 3 is 1.86 bits per heavy atom. The third-order valence-electron chi connectivity index (χ3n) is 4.76. The van der Waals surface area contributed by atoms with E-state index >= 15 is 0 Å². The highest BCUT2D eigenvalue weighted by Gasteiger charge is 2.33. The maximum absolute atomic E-state index is 12.8. The van der Waals surface area contributed by atoms with Gasteiger partial charge in [0.15, 0.2) is 5.96 Å². The number of aliphatic carboxylic acids is 1. The Balaban J connectivity index is 5.59. The number of aliphatic hydroxyl groups excluding tert-OH is 2. The SMILES string of the molecule is CC(O)C(N)C(=O)NC(C(=O)NC(CCCN=C(N)N)C(=O)NC(CCC(N)=O)C(=O)O)C(C)O. The summed E-state index contributed by atoms with van der Waals surface area (Å²) >= 11 is 0. The second kappa shape index (κ2) is 15.4. The van der Waals surface area contributed by atoms with Crippen LogP contribution in [0.4, 0.5) is 0 Å². The molecule has 0 aromatic heterocycles. The van der Waals surface area contributed by atoms with E-state index in [9.17, 15) is 39.3 Å². The number of primary amides is 1. The van der Waals surface area contributed by atoms with Gasteiger partial charge in [0.05, 0.1) is 12.2 Å². The first-order valence-corrected chi connectivity index (χ1v) is 10.8. The maximum Gasteiger partial charge on any atom is 0.326 e. The van der Waals surface area contributed by atoms with Crippen LogP contribution in [-0.2, 0) is 24.0 Å². The summed E-state index contributed by atoms with van der Waals surface area (Å²) in [6, 6.07) is -5.73. The normalized spacial score (nSPS) is 15.9. The van der Waals surface area contributed by atoms with Gasteiger partial charge in [-0.15, -0.1) is 0 Å². The predicted molar refractivity (Wildman–Crippen MR) is 123 cm³/mol. The van der Waals surface area contributed by atoms with Crippen molar-refractivity contribution in [3.05, 3.63) is 0 Å². The number of nitrogens with one attached hydrogen (secondary N) is 3. The van der Waals surface area contributed by atoms with E-state index in [1.807, 2.05) is 0 Å². The lowest BCUT2D eigenvalue weighted by Crippen LogP contribution is -2.60. The molecule has 0 aliphatic rings. The summed E-state index contributed by atoms with van der Waals surface area (Å²) in [6.45, 7) is 2.55. The number of amides is 4. The number of nitrogens with zero attached hydrogens (tertiary/aromatic N) is 1. The minimum Gasteiger partial charge on any atom is -0.480 e. The molecule has 0 spiro atoms. The number of aliphatic hydroxyl groups is 2. The first-order chi connectivity index (χ1) is 16.2. The second-order valence-electron chi connectivity index (χ2n) is 7.91. The first-order valence-electron chi connectivity index (χ1n) is 10.8. The predicted octanol–water partition coefficient (Wildman–Crippen LogP) is -5.07. The first kappa shape index (κ1) is 31.5. The molecule has 0 heterocycles. The van der Waals surface area contributed by atoms with E-state index in [0.29, 0.717) is 0 Å². The Bertz CT molecular complexity index is 785. The van der Waals surface area contributed by atoms with Crippen molar-refractivity contribution in [1.82, 2.24) is 16.0 Å². The highest BCUT2D eigenvalue weighted by atomic mass is 16.4. The number of hydrogen-bond acceptors (Lipinski definition) is 9. The van der Waals surface area contributed by atoms with E-state index in [1.54, 1.807) is 0 Å². The fourth-order valence-electron chi connectivity index (χ4n) is 2.72. The Hall–Kier alpha value is -3.50. The summed E-state index contributed by atoms with van der Waals surface area (Å²) in [5, 5.41) is 35.5. The summed E-state index contributed by atoms with van der Waals surface area (Å²) in [5.74, 6) is -5.19. The lowest BCUT2D eigenvalue weighted by Gasteiger charge is -2.26. The number of guanidine groups is 1. The summed E-state index contributed by atoms with van der Waals surface area (Å²) in [4.78, 5) is 63.9. The van der Waals surface area contributed by atoms with Crippen molar-refractivity contribution >= 4 is 35.6 Å². The number of carboxylic acids is 1. The number of rotatable bonds is 16. The molecule has 200 valence electrons. The topological polar surface area (TPSA) is 299 Å². The van der Waals surface area contributed by atoms with Crippen LogP contribution in [-0.4, -0.2) is 93.8 Å². The molecule has 0 aromatic rings. The van der Waals surface area contributed by atoms with Crippen molar-refractivity contribution in [3.63, 3.8) is 0 Å². The molecule has 4 amide bonds. The molecule has 0 aliphatic carbocycles. The summed E-state index contributed by atoms with van der Waals surface area (Å²) < 4.78 is 0. The molecule has 16 nitrogen and oxygen atoms in total. The van der Waals surface area contributed by atoms with Crippen LogP contribution in [0.25, 0.3) is 0 Å². The van der Waals surface area contributed by atoms with E-state index < -0.39 is 66.0 Å². The van der Waals surface area contributed by atoms with Gasteiger partial charge < -0.3 is 54.2 Å². The zero-order valence-electron chi connectivity index (χ0n) is 19.6. The second-order valence-corrected chi connectivity index (χ2v) is 7.91. The minimum absolute atomic E-state index is 0.0514. The van der Waals surface area contributed by atoms with Crippen LogP contribution in [0.1, 0.15) is 39.5 Å². The Morgan fingerprint density at radius 1 is 0.829 bits per heavy atom. The third-order valence-corrected chi connectivity index (χ3v) is 4.76. The molecule has 16 heteroatoms. The molecule has 14 N–H and O–H groups in total. The molecule has 0 fully saturated rings. The van der Waals surface area contributed by atoms with Crippen LogP contribution in [0.2, 0.25) is 0 Å². The van der Waals surface area contributed by atoms with E-state index in [-0.39, 0.29) is 38.2 Å². The van der Waals surface area contributed by atoms with Crippen LogP contribution in [0.15, 0.2) is 4.99 Å². The molecule has 0 rings (SSSR count). The molecular weight excluding hydrogens is 468 g/mol. The average Bonchev–Trinajstić information content (AvgIpc) is 2.74. The van der Waals surface area contributed by atoms with Crippen molar-refractivity contribution in [2.24, 2.45) is 27.9 Å².